The molecule has 2 aliphatic heterocycles. The van der Waals surface area contributed by atoms with Gasteiger partial charge in [-0.2, -0.15) is 10.2 Å². The molecule has 1 amide bonds. The molecule has 0 aliphatic carbocycles. The normalized spacial score (nSPS) is 19.8. The Kier molecular flexibility index (Phi) is 6.08. The smallest absolute Gasteiger partial charge is 0.259 e. The van der Waals surface area contributed by atoms with Crippen molar-refractivity contribution in [2.45, 2.75) is 45.3 Å². The van der Waals surface area contributed by atoms with Gasteiger partial charge < -0.3 is 14.6 Å². The monoisotopic (exact) mass is 503 g/mol. The lowest BCUT2D eigenvalue weighted by molar-refractivity contribution is 0.0488. The van der Waals surface area contributed by atoms with Crippen molar-refractivity contribution in [2.75, 3.05) is 32.8 Å². The molecule has 10 nitrogen and oxygen atoms in total. The first-order chi connectivity index (χ1) is 17.9. The highest BCUT2D eigenvalue weighted by Gasteiger charge is 2.29. The summed E-state index contributed by atoms with van der Waals surface area (Å²) in [6, 6.07) is 6.32. The number of amides is 1. The van der Waals surface area contributed by atoms with Crippen LogP contribution in [0.25, 0.3) is 21.8 Å². The number of aromatic amines is 1. The Morgan fingerprint density at radius 1 is 1.16 bits per heavy atom. The fourth-order valence-electron chi connectivity index (χ4n) is 5.78. The number of H-pyrrole nitrogens is 1. The minimum atomic E-state index is -0.155. The molecular formula is C27H33N7O3. The number of piperazine rings is 1. The molecule has 2 fully saturated rings. The van der Waals surface area contributed by atoms with Crippen LogP contribution in [0.4, 0.5) is 0 Å². The van der Waals surface area contributed by atoms with Crippen molar-refractivity contribution in [1.82, 2.24) is 34.3 Å². The van der Waals surface area contributed by atoms with Crippen molar-refractivity contribution in [3.8, 4) is 0 Å². The maximum absolute atomic E-state index is 13.8. The van der Waals surface area contributed by atoms with E-state index >= 15 is 0 Å². The van der Waals surface area contributed by atoms with Crippen molar-refractivity contribution in [2.24, 2.45) is 7.05 Å². The number of rotatable bonds is 4. The molecule has 3 aromatic heterocycles. The van der Waals surface area contributed by atoms with Crippen LogP contribution in [0.1, 0.15) is 47.4 Å². The molecule has 0 bridgehead atoms. The van der Waals surface area contributed by atoms with Gasteiger partial charge in [0, 0.05) is 69.6 Å². The summed E-state index contributed by atoms with van der Waals surface area (Å²) in [5, 5.41) is 10.3. The molecule has 194 valence electrons. The van der Waals surface area contributed by atoms with E-state index in [0.717, 1.165) is 53.6 Å². The molecule has 2 aliphatic rings. The maximum atomic E-state index is 13.8. The number of ether oxygens (including phenoxy) is 1. The Balaban J connectivity index is 1.32. The highest BCUT2D eigenvalue weighted by Crippen LogP contribution is 2.30. The maximum Gasteiger partial charge on any atom is 0.259 e. The molecule has 5 heterocycles. The van der Waals surface area contributed by atoms with E-state index in [9.17, 15) is 9.59 Å². The van der Waals surface area contributed by atoms with Crippen molar-refractivity contribution >= 4 is 27.7 Å². The molecule has 1 unspecified atom stereocenters. The molecule has 10 heteroatoms. The van der Waals surface area contributed by atoms with E-state index in [1.807, 2.05) is 52.6 Å². The molecule has 4 aromatic rings. The van der Waals surface area contributed by atoms with Crippen LogP contribution in [-0.4, -0.2) is 79.1 Å². The molecule has 37 heavy (non-hydrogen) atoms. The first kappa shape index (κ1) is 23.9. The van der Waals surface area contributed by atoms with Crippen molar-refractivity contribution < 1.29 is 9.53 Å². The second-order valence-corrected chi connectivity index (χ2v) is 10.4. The Labute approximate surface area is 214 Å². The number of fused-ring (bicyclic) bond motifs is 3. The molecule has 0 spiro atoms. The molecule has 6 rings (SSSR count). The lowest BCUT2D eigenvalue weighted by Gasteiger charge is -2.40. The summed E-state index contributed by atoms with van der Waals surface area (Å²) < 4.78 is 9.41. The molecule has 1 N–H and O–H groups in total. The number of pyridine rings is 1. The molecular weight excluding hydrogens is 470 g/mol. The number of benzene rings is 1. The number of aromatic nitrogens is 5. The lowest BCUT2D eigenvalue weighted by atomic mass is 10.0. The Bertz CT molecular complexity index is 1530. The van der Waals surface area contributed by atoms with Crippen LogP contribution in [0.2, 0.25) is 0 Å². The lowest BCUT2D eigenvalue weighted by Crippen LogP contribution is -2.53. The third kappa shape index (κ3) is 4.23. The molecule has 2 saturated heterocycles. The van der Waals surface area contributed by atoms with Gasteiger partial charge in [-0.15, -0.1) is 0 Å². The average Bonchev–Trinajstić information content (AvgIpc) is 3.52. The standard InChI is InChI=1S/C27H33N7O3/c1-17-12-24-22(25-23(26(35)30-24)14-29-34(25)19-5-10-37-11-6-19)13-21(17)27(36)33-9-8-32(18(2)15-33)16-20-4-7-28-31(20)3/h4,7,12-14,18-19H,5-6,8-11,15-16H2,1-3H3,(H,30,35). The first-order valence-corrected chi connectivity index (χ1v) is 13.0. The van der Waals surface area contributed by atoms with E-state index in [1.54, 1.807) is 6.20 Å². The van der Waals surface area contributed by atoms with Crippen LogP contribution in [0.5, 0.6) is 0 Å². The van der Waals surface area contributed by atoms with Gasteiger partial charge in [0.25, 0.3) is 11.5 Å². The van der Waals surface area contributed by atoms with Gasteiger partial charge in [-0.05, 0) is 50.5 Å². The third-order valence-electron chi connectivity index (χ3n) is 8.01. The summed E-state index contributed by atoms with van der Waals surface area (Å²) in [5.74, 6) is 0.0305. The van der Waals surface area contributed by atoms with Gasteiger partial charge in [0.15, 0.2) is 0 Å². The zero-order valence-corrected chi connectivity index (χ0v) is 21.6. The van der Waals surface area contributed by atoms with Gasteiger partial charge in [0.1, 0.15) is 0 Å². The second kappa shape index (κ2) is 9.42. The zero-order valence-electron chi connectivity index (χ0n) is 21.6. The summed E-state index contributed by atoms with van der Waals surface area (Å²) in [4.78, 5) is 34.0. The van der Waals surface area contributed by atoms with Gasteiger partial charge in [0.05, 0.1) is 34.4 Å². The summed E-state index contributed by atoms with van der Waals surface area (Å²) >= 11 is 0. The Hall–Kier alpha value is -3.50. The van der Waals surface area contributed by atoms with Gasteiger partial charge in [-0.3, -0.25) is 23.9 Å². The number of carbonyl (C=O) groups excluding carboxylic acids is 1. The second-order valence-electron chi connectivity index (χ2n) is 10.4. The fourth-order valence-corrected chi connectivity index (χ4v) is 5.78. The molecule has 0 saturated carbocycles. The molecule has 1 atom stereocenters. The first-order valence-electron chi connectivity index (χ1n) is 13.0. The van der Waals surface area contributed by atoms with E-state index in [0.29, 0.717) is 37.3 Å². The summed E-state index contributed by atoms with van der Waals surface area (Å²) in [6.45, 7) is 8.42. The number of nitrogens with one attached hydrogen (secondary N) is 1. The topological polar surface area (TPSA) is 101 Å². The van der Waals surface area contributed by atoms with Crippen LogP contribution in [-0.2, 0) is 18.3 Å². The minimum absolute atomic E-state index is 0.0305. The summed E-state index contributed by atoms with van der Waals surface area (Å²) in [7, 11) is 1.96. The number of carbonyl (C=O) groups is 1. The van der Waals surface area contributed by atoms with E-state index in [1.165, 1.54) is 0 Å². The van der Waals surface area contributed by atoms with Gasteiger partial charge in [-0.25, -0.2) is 0 Å². The average molecular weight is 504 g/mol. The van der Waals surface area contributed by atoms with Gasteiger partial charge in [0.2, 0.25) is 0 Å². The van der Waals surface area contributed by atoms with Crippen LogP contribution in [0.3, 0.4) is 0 Å². The zero-order chi connectivity index (χ0) is 25.7. The largest absolute Gasteiger partial charge is 0.381 e. The number of hydrogen-bond donors (Lipinski definition) is 1. The van der Waals surface area contributed by atoms with Crippen LogP contribution in [0.15, 0.2) is 35.4 Å². The van der Waals surface area contributed by atoms with Gasteiger partial charge in [-0.1, -0.05) is 0 Å². The minimum Gasteiger partial charge on any atom is -0.381 e. The summed E-state index contributed by atoms with van der Waals surface area (Å²) in [6.07, 6.45) is 5.17. The highest BCUT2D eigenvalue weighted by molar-refractivity contribution is 6.07. The molecule has 1 aromatic carbocycles. The third-order valence-corrected chi connectivity index (χ3v) is 8.01. The van der Waals surface area contributed by atoms with Crippen LogP contribution in [0, 0.1) is 6.92 Å². The molecule has 0 radical (unpaired) electrons. The van der Waals surface area contributed by atoms with E-state index < -0.39 is 0 Å². The van der Waals surface area contributed by atoms with Crippen molar-refractivity contribution in [3.05, 3.63) is 57.8 Å². The van der Waals surface area contributed by atoms with Crippen molar-refractivity contribution in [3.63, 3.8) is 0 Å². The predicted octanol–water partition coefficient (Wildman–Crippen LogP) is 2.62. The van der Waals surface area contributed by atoms with E-state index in [4.69, 9.17) is 4.74 Å². The van der Waals surface area contributed by atoms with E-state index in [2.05, 4.69) is 27.0 Å². The highest BCUT2D eigenvalue weighted by atomic mass is 16.5. The van der Waals surface area contributed by atoms with Crippen LogP contribution >= 0.6 is 0 Å². The number of aryl methyl sites for hydroxylation is 2. The van der Waals surface area contributed by atoms with Crippen molar-refractivity contribution in [1.29, 1.82) is 0 Å². The Morgan fingerprint density at radius 3 is 2.70 bits per heavy atom. The summed E-state index contributed by atoms with van der Waals surface area (Å²) in [5.41, 5.74) is 4.07. The number of hydrogen-bond acceptors (Lipinski definition) is 6. The fraction of sp³-hybridized carbons (Fsp3) is 0.481. The Morgan fingerprint density at radius 2 is 1.97 bits per heavy atom. The SMILES string of the molecule is Cc1cc2[nH]c(=O)c3cnn(C4CCOCC4)c3c2cc1C(=O)N1CCN(Cc2ccnn2C)C(C)C1. The number of nitrogens with zero attached hydrogens (tertiary/aromatic N) is 6. The van der Waals surface area contributed by atoms with Crippen LogP contribution < -0.4 is 5.56 Å². The quantitative estimate of drug-likeness (QED) is 0.460. The predicted molar refractivity (Wildman–Crippen MR) is 141 cm³/mol. The van der Waals surface area contributed by atoms with Gasteiger partial charge >= 0.3 is 0 Å². The van der Waals surface area contributed by atoms with E-state index in [-0.39, 0.29) is 23.6 Å².